The van der Waals surface area contributed by atoms with E-state index in [0.29, 0.717) is 0 Å². The van der Waals surface area contributed by atoms with Crippen molar-refractivity contribution in [3.63, 3.8) is 0 Å². The average molecular weight is 561 g/mol. The normalized spacial score (nSPS) is 6.29. The molecule has 0 aromatic heterocycles. The van der Waals surface area contributed by atoms with E-state index in [9.17, 15) is 0 Å². The van der Waals surface area contributed by atoms with Crippen molar-refractivity contribution in [3.8, 4) is 0 Å². The number of hydrogen-bond donors (Lipinski definition) is 0. The zero-order chi connectivity index (χ0) is 3.54. The van der Waals surface area contributed by atoms with Crippen LogP contribution >= 0.6 is 50.9 Å². The van der Waals surface area contributed by atoms with Crippen LogP contribution in [0.2, 0.25) is 0 Å². The van der Waals surface area contributed by atoms with Crippen LogP contribution in [0.25, 0.3) is 0 Å². The maximum atomic E-state index is 2.99. The van der Waals surface area contributed by atoms with Gasteiger partial charge in [0.15, 0.2) is 0 Å². The summed E-state index contributed by atoms with van der Waals surface area (Å²) in [6.07, 6.45) is 10.0. The van der Waals surface area contributed by atoms with Crippen LogP contribution in [0.15, 0.2) is 18.2 Å². The van der Waals surface area contributed by atoms with Crippen molar-refractivity contribution in [2.24, 2.45) is 0 Å². The van der Waals surface area contributed by atoms with Crippen LogP contribution in [0.4, 0.5) is 0 Å². The van der Waals surface area contributed by atoms with E-state index in [-0.39, 0.29) is 114 Å². The molecule has 0 saturated heterocycles. The average Bonchev–Trinajstić information content (AvgIpc) is 1.76. The second-order valence-electron chi connectivity index (χ2n) is 1.00. The standard InChI is InChI=1S/C5H5.5CH3.3BrH.Hf/c1-2-4-5-3-1;;;;;;;;;/h1-3H,4H2;5*1H3;3*1H;/q6*-1;;;;. The minimum Gasteiger partial charge on any atom is -0.358 e. The van der Waals surface area contributed by atoms with Crippen molar-refractivity contribution < 1.29 is 25.8 Å². The molecule has 0 aliphatic heterocycles. The van der Waals surface area contributed by atoms with E-state index in [1.54, 1.807) is 0 Å². The van der Waals surface area contributed by atoms with E-state index in [1.165, 1.54) is 0 Å². The molecule has 0 aromatic rings. The Morgan fingerprint density at radius 1 is 0.786 bits per heavy atom. The maximum absolute atomic E-state index is 2.99. The van der Waals surface area contributed by atoms with Crippen LogP contribution < -0.4 is 0 Å². The summed E-state index contributed by atoms with van der Waals surface area (Å²) in [6, 6.07) is 0. The fourth-order valence-electron chi connectivity index (χ4n) is 0.340. The second kappa shape index (κ2) is 61.0. The molecule has 14 heavy (non-hydrogen) atoms. The predicted octanol–water partition coefficient (Wildman–Crippen LogP) is 5.29. The Kier molecular flexibility index (Phi) is 326. The van der Waals surface area contributed by atoms with Gasteiger partial charge in [-0.25, -0.2) is 12.2 Å². The molecule has 0 fully saturated rings. The molecule has 0 aromatic carbocycles. The third-order valence-corrected chi connectivity index (χ3v) is 0.586. The first-order valence-electron chi connectivity index (χ1n) is 1.72. The summed E-state index contributed by atoms with van der Waals surface area (Å²) in [5, 5.41) is 0. The van der Waals surface area contributed by atoms with E-state index in [0.717, 1.165) is 6.42 Å². The molecule has 0 bridgehead atoms. The Bertz CT molecular complexity index is 73.4. The van der Waals surface area contributed by atoms with Crippen LogP contribution in [0.1, 0.15) is 6.42 Å². The molecule has 0 unspecified atom stereocenters. The van der Waals surface area contributed by atoms with Gasteiger partial charge in [-0.05, 0) is 0 Å². The molecule has 0 spiro atoms. The predicted molar refractivity (Wildman–Crippen MR) is 84.6 cm³/mol. The first-order chi connectivity index (χ1) is 2.50. The fourth-order valence-corrected chi connectivity index (χ4v) is 0.340. The molecule has 0 N–H and O–H groups in total. The van der Waals surface area contributed by atoms with Gasteiger partial charge in [-0.15, -0.1) is 57.4 Å². The topological polar surface area (TPSA) is 0 Å². The number of allylic oxidation sites excluding steroid dienone is 4. The van der Waals surface area contributed by atoms with Crippen LogP contribution in [0, 0.1) is 43.2 Å². The summed E-state index contributed by atoms with van der Waals surface area (Å²) in [7, 11) is 0. The summed E-state index contributed by atoms with van der Waals surface area (Å²) < 4.78 is 0. The second-order valence-corrected chi connectivity index (χ2v) is 1.00. The van der Waals surface area contributed by atoms with Gasteiger partial charge < -0.3 is 37.1 Å². The molecule has 94 valence electrons. The Labute approximate surface area is 143 Å². The van der Waals surface area contributed by atoms with E-state index >= 15 is 0 Å². The molecule has 0 atom stereocenters. The quantitative estimate of drug-likeness (QED) is 0.279. The molecular formula is C10H23Br3Hf-6. The van der Waals surface area contributed by atoms with Gasteiger partial charge in [0.2, 0.25) is 0 Å². The molecule has 1 rings (SSSR count). The summed E-state index contributed by atoms with van der Waals surface area (Å²) in [5.41, 5.74) is 0. The molecule has 0 heterocycles. The van der Waals surface area contributed by atoms with Crippen LogP contribution in [0.5, 0.6) is 0 Å². The summed E-state index contributed by atoms with van der Waals surface area (Å²) >= 11 is 0. The number of rotatable bonds is 0. The largest absolute Gasteiger partial charge is 0.358 e. The van der Waals surface area contributed by atoms with E-state index in [4.69, 9.17) is 0 Å². The molecule has 0 amide bonds. The zero-order valence-electron chi connectivity index (χ0n) is 9.66. The molecule has 1 aliphatic carbocycles. The first kappa shape index (κ1) is 74.9. The van der Waals surface area contributed by atoms with E-state index < -0.39 is 0 Å². The number of halogens is 3. The van der Waals surface area contributed by atoms with Crippen molar-refractivity contribution in [1.82, 2.24) is 0 Å². The van der Waals surface area contributed by atoms with Crippen LogP contribution in [0.3, 0.4) is 0 Å². The Hall–Kier alpha value is 1.79. The van der Waals surface area contributed by atoms with Gasteiger partial charge >= 0.3 is 0 Å². The van der Waals surface area contributed by atoms with Crippen molar-refractivity contribution in [1.29, 1.82) is 0 Å². The smallest absolute Gasteiger partial charge is 0 e. The summed E-state index contributed by atoms with van der Waals surface area (Å²) in [5.74, 6) is 0. The number of hydrogen-bond acceptors (Lipinski definition) is 0. The van der Waals surface area contributed by atoms with Gasteiger partial charge in [-0.1, -0.05) is 0 Å². The van der Waals surface area contributed by atoms with Crippen LogP contribution in [-0.4, -0.2) is 0 Å². The van der Waals surface area contributed by atoms with Crippen molar-refractivity contribution >= 4 is 50.9 Å². The maximum Gasteiger partial charge on any atom is 0 e. The third kappa shape index (κ3) is 48.9. The van der Waals surface area contributed by atoms with E-state index in [1.807, 2.05) is 12.2 Å². The first-order valence-corrected chi connectivity index (χ1v) is 1.72. The van der Waals surface area contributed by atoms with Gasteiger partial charge in [0, 0.05) is 25.8 Å². The Morgan fingerprint density at radius 3 is 1.21 bits per heavy atom. The molecule has 0 saturated carbocycles. The molecule has 0 radical (unpaired) electrons. The van der Waals surface area contributed by atoms with Crippen molar-refractivity contribution in [2.75, 3.05) is 0 Å². The third-order valence-electron chi connectivity index (χ3n) is 0.586. The fraction of sp³-hybridized carbons (Fsp3) is 0.100. The van der Waals surface area contributed by atoms with Crippen LogP contribution in [-0.2, 0) is 25.8 Å². The summed E-state index contributed by atoms with van der Waals surface area (Å²) in [4.78, 5) is 0. The van der Waals surface area contributed by atoms with Gasteiger partial charge in [0.1, 0.15) is 0 Å². The SMILES string of the molecule is Br.Br.Br.[C-]1=CC=CC1.[CH3-].[CH3-].[CH3-].[CH3-].[CH3-].[Hf]. The Morgan fingerprint density at radius 2 is 1.14 bits per heavy atom. The molecule has 1 aliphatic rings. The minimum absolute atomic E-state index is 0. The summed E-state index contributed by atoms with van der Waals surface area (Å²) in [6.45, 7) is 0. The Balaban J connectivity index is -0.00000000397. The van der Waals surface area contributed by atoms with Gasteiger partial charge in [-0.3, -0.25) is 6.08 Å². The van der Waals surface area contributed by atoms with Gasteiger partial charge in [0.05, 0.1) is 0 Å². The van der Waals surface area contributed by atoms with Crippen molar-refractivity contribution in [2.45, 2.75) is 6.42 Å². The van der Waals surface area contributed by atoms with Crippen molar-refractivity contribution in [3.05, 3.63) is 61.4 Å². The zero-order valence-corrected chi connectivity index (χ0v) is 18.4. The van der Waals surface area contributed by atoms with Gasteiger partial charge in [0.25, 0.3) is 0 Å². The van der Waals surface area contributed by atoms with E-state index in [2.05, 4.69) is 12.2 Å². The minimum atomic E-state index is 0. The molecule has 4 heteroatoms. The monoisotopic (exact) mass is 560 g/mol. The van der Waals surface area contributed by atoms with Gasteiger partial charge in [-0.2, -0.15) is 6.08 Å². The molecular weight excluding hydrogens is 538 g/mol. The molecule has 0 nitrogen and oxygen atoms in total.